The molecule has 0 amide bonds. The van der Waals surface area contributed by atoms with E-state index in [0.717, 1.165) is 0 Å². The second-order valence-corrected chi connectivity index (χ2v) is 11.6. The monoisotopic (exact) mass is 508 g/mol. The standard InChI is InChI=1S/C35H60N2/c1-3-5-7-9-11-13-15-16-18-23-27-34(31-33-25-21-20-22-26-33)35(37-30-29-36-32-37)28-24-19-17-14-12-10-8-6-4-2/h20-22,25-26,29-30,32,34-35H,3-19,23-24,27-28,31H2,1-2H3. The average Bonchev–Trinajstić information content (AvgIpc) is 3.46. The normalized spacial score (nSPS) is 13.1. The smallest absolute Gasteiger partial charge is 0.0948 e. The molecule has 1 aromatic carbocycles. The van der Waals surface area contributed by atoms with Crippen molar-refractivity contribution in [2.24, 2.45) is 5.92 Å². The van der Waals surface area contributed by atoms with Crippen molar-refractivity contribution < 1.29 is 0 Å². The molecule has 2 aromatic rings. The van der Waals surface area contributed by atoms with Crippen molar-refractivity contribution in [3.05, 3.63) is 54.6 Å². The van der Waals surface area contributed by atoms with Gasteiger partial charge in [-0.2, -0.15) is 0 Å². The number of hydrogen-bond acceptors (Lipinski definition) is 1. The van der Waals surface area contributed by atoms with Crippen LogP contribution in [0.3, 0.4) is 0 Å². The zero-order valence-electron chi connectivity index (χ0n) is 24.7. The minimum absolute atomic E-state index is 0.575. The summed E-state index contributed by atoms with van der Waals surface area (Å²) in [6.07, 6.45) is 36.9. The van der Waals surface area contributed by atoms with Gasteiger partial charge in [0.1, 0.15) is 0 Å². The first-order chi connectivity index (χ1) is 18.3. The first kappa shape index (κ1) is 31.6. The molecule has 1 heterocycles. The molecule has 2 rings (SSSR count). The molecule has 0 N–H and O–H groups in total. The molecule has 0 spiro atoms. The highest BCUT2D eigenvalue weighted by Gasteiger charge is 2.23. The van der Waals surface area contributed by atoms with Gasteiger partial charge in [0.2, 0.25) is 0 Å². The van der Waals surface area contributed by atoms with Crippen molar-refractivity contribution in [1.82, 2.24) is 9.55 Å². The van der Waals surface area contributed by atoms with E-state index < -0.39 is 0 Å². The van der Waals surface area contributed by atoms with Gasteiger partial charge < -0.3 is 4.57 Å². The number of rotatable bonds is 25. The fraction of sp³-hybridized carbons (Fsp3) is 0.743. The minimum atomic E-state index is 0.575. The highest BCUT2D eigenvalue weighted by molar-refractivity contribution is 5.15. The number of nitrogens with zero attached hydrogens (tertiary/aromatic N) is 2. The summed E-state index contributed by atoms with van der Waals surface area (Å²) >= 11 is 0. The summed E-state index contributed by atoms with van der Waals surface area (Å²) in [6.45, 7) is 4.61. The SMILES string of the molecule is CCCCCCCCCCCCC(Cc1ccccc1)C(CCCCCCCCCCC)n1ccnc1. The van der Waals surface area contributed by atoms with Crippen LogP contribution < -0.4 is 0 Å². The lowest BCUT2D eigenvalue weighted by Crippen LogP contribution is -2.21. The van der Waals surface area contributed by atoms with Crippen LogP contribution in [-0.4, -0.2) is 9.55 Å². The molecule has 2 nitrogen and oxygen atoms in total. The van der Waals surface area contributed by atoms with E-state index in [1.54, 1.807) is 0 Å². The lowest BCUT2D eigenvalue weighted by Gasteiger charge is -2.29. The maximum atomic E-state index is 4.45. The summed E-state index contributed by atoms with van der Waals surface area (Å²) in [6, 6.07) is 11.8. The van der Waals surface area contributed by atoms with Gasteiger partial charge in [0.05, 0.1) is 6.33 Å². The van der Waals surface area contributed by atoms with Crippen LogP contribution in [0.25, 0.3) is 0 Å². The Bertz CT molecular complexity index is 708. The maximum Gasteiger partial charge on any atom is 0.0948 e. The van der Waals surface area contributed by atoms with Gasteiger partial charge in [-0.3, -0.25) is 0 Å². The first-order valence-corrected chi connectivity index (χ1v) is 16.4. The van der Waals surface area contributed by atoms with Crippen molar-refractivity contribution in [2.75, 3.05) is 0 Å². The summed E-state index contributed by atoms with van der Waals surface area (Å²) in [4.78, 5) is 4.45. The van der Waals surface area contributed by atoms with Gasteiger partial charge in [-0.15, -0.1) is 0 Å². The van der Waals surface area contributed by atoms with Crippen LogP contribution in [0, 0.1) is 5.92 Å². The van der Waals surface area contributed by atoms with Crippen LogP contribution in [-0.2, 0) is 6.42 Å². The van der Waals surface area contributed by atoms with Crippen LogP contribution in [0.2, 0.25) is 0 Å². The van der Waals surface area contributed by atoms with E-state index in [2.05, 4.69) is 66.3 Å². The Kier molecular flexibility index (Phi) is 19.2. The maximum absolute atomic E-state index is 4.45. The van der Waals surface area contributed by atoms with Gasteiger partial charge in [0.15, 0.2) is 0 Å². The largest absolute Gasteiger partial charge is 0.334 e. The molecule has 2 atom stereocenters. The van der Waals surface area contributed by atoms with Gasteiger partial charge in [0.25, 0.3) is 0 Å². The number of imidazole rings is 1. The molecule has 0 aliphatic heterocycles. The number of benzene rings is 1. The minimum Gasteiger partial charge on any atom is -0.334 e. The van der Waals surface area contributed by atoms with E-state index in [1.807, 2.05) is 6.20 Å². The zero-order valence-corrected chi connectivity index (χ0v) is 24.7. The molecular weight excluding hydrogens is 448 g/mol. The molecule has 210 valence electrons. The predicted molar refractivity (Wildman–Crippen MR) is 163 cm³/mol. The quantitative estimate of drug-likeness (QED) is 0.122. The third kappa shape index (κ3) is 15.4. The summed E-state index contributed by atoms with van der Waals surface area (Å²) in [5, 5.41) is 0. The molecule has 0 saturated carbocycles. The van der Waals surface area contributed by atoms with Gasteiger partial charge in [0, 0.05) is 18.4 Å². The molecule has 37 heavy (non-hydrogen) atoms. The van der Waals surface area contributed by atoms with E-state index in [-0.39, 0.29) is 0 Å². The van der Waals surface area contributed by atoms with Gasteiger partial charge >= 0.3 is 0 Å². The van der Waals surface area contributed by atoms with Crippen molar-refractivity contribution in [1.29, 1.82) is 0 Å². The third-order valence-corrected chi connectivity index (χ3v) is 8.32. The third-order valence-electron chi connectivity index (χ3n) is 8.32. The van der Waals surface area contributed by atoms with Crippen LogP contribution in [0.1, 0.15) is 160 Å². The van der Waals surface area contributed by atoms with E-state index in [4.69, 9.17) is 0 Å². The van der Waals surface area contributed by atoms with Crippen LogP contribution in [0.4, 0.5) is 0 Å². The van der Waals surface area contributed by atoms with Crippen molar-refractivity contribution in [3.63, 3.8) is 0 Å². The predicted octanol–water partition coefficient (Wildman–Crippen LogP) is 11.5. The van der Waals surface area contributed by atoms with E-state index in [1.165, 1.54) is 147 Å². The van der Waals surface area contributed by atoms with Crippen LogP contribution >= 0.6 is 0 Å². The average molecular weight is 509 g/mol. The molecule has 0 bridgehead atoms. The molecule has 2 heteroatoms. The fourth-order valence-electron chi connectivity index (χ4n) is 6.00. The molecule has 0 fully saturated rings. The second-order valence-electron chi connectivity index (χ2n) is 11.6. The molecule has 0 aliphatic rings. The lowest BCUT2D eigenvalue weighted by atomic mass is 9.84. The Morgan fingerprint density at radius 3 is 1.57 bits per heavy atom. The molecule has 1 aromatic heterocycles. The first-order valence-electron chi connectivity index (χ1n) is 16.4. The van der Waals surface area contributed by atoms with Crippen LogP contribution in [0.5, 0.6) is 0 Å². The lowest BCUT2D eigenvalue weighted by molar-refractivity contribution is 0.275. The molecule has 0 radical (unpaired) electrons. The highest BCUT2D eigenvalue weighted by Crippen LogP contribution is 2.32. The Labute approximate surface area is 231 Å². The summed E-state index contributed by atoms with van der Waals surface area (Å²) in [5.74, 6) is 0.694. The van der Waals surface area contributed by atoms with Gasteiger partial charge in [-0.1, -0.05) is 166 Å². The molecule has 0 saturated heterocycles. The molecule has 2 unspecified atom stereocenters. The molecule has 0 aliphatic carbocycles. The number of unbranched alkanes of at least 4 members (excludes halogenated alkanes) is 17. The van der Waals surface area contributed by atoms with E-state index in [0.29, 0.717) is 12.0 Å². The Balaban J connectivity index is 1.80. The van der Waals surface area contributed by atoms with E-state index in [9.17, 15) is 0 Å². The number of hydrogen-bond donors (Lipinski definition) is 0. The zero-order chi connectivity index (χ0) is 26.2. The summed E-state index contributed by atoms with van der Waals surface area (Å²) < 4.78 is 2.44. The Morgan fingerprint density at radius 2 is 1.08 bits per heavy atom. The molecular formula is C35H60N2. The topological polar surface area (TPSA) is 17.8 Å². The van der Waals surface area contributed by atoms with Gasteiger partial charge in [-0.25, -0.2) is 4.98 Å². The number of aromatic nitrogens is 2. The second kappa shape index (κ2) is 22.4. The highest BCUT2D eigenvalue weighted by atomic mass is 15.1. The van der Waals surface area contributed by atoms with Crippen molar-refractivity contribution in [2.45, 2.75) is 161 Å². The fourth-order valence-corrected chi connectivity index (χ4v) is 6.00. The summed E-state index contributed by atoms with van der Waals surface area (Å²) in [7, 11) is 0. The van der Waals surface area contributed by atoms with Crippen molar-refractivity contribution in [3.8, 4) is 0 Å². The van der Waals surface area contributed by atoms with E-state index >= 15 is 0 Å². The Hall–Kier alpha value is -1.57. The van der Waals surface area contributed by atoms with Crippen LogP contribution in [0.15, 0.2) is 49.1 Å². The summed E-state index contributed by atoms with van der Waals surface area (Å²) in [5.41, 5.74) is 1.50. The van der Waals surface area contributed by atoms with Crippen molar-refractivity contribution >= 4 is 0 Å². The van der Waals surface area contributed by atoms with Gasteiger partial charge in [-0.05, 0) is 30.7 Å². The Morgan fingerprint density at radius 1 is 0.595 bits per heavy atom.